The van der Waals surface area contributed by atoms with Crippen LogP contribution < -0.4 is 0 Å². The van der Waals surface area contributed by atoms with Crippen LogP contribution in [0.4, 0.5) is 0 Å². The smallest absolute Gasteiger partial charge is 0.307 e. The molecule has 0 amide bonds. The summed E-state index contributed by atoms with van der Waals surface area (Å²) in [6, 6.07) is 0. The van der Waals surface area contributed by atoms with Crippen molar-refractivity contribution in [1.29, 1.82) is 0 Å². The van der Waals surface area contributed by atoms with Crippen LogP contribution in [-0.2, 0) is 9.59 Å². The second kappa shape index (κ2) is 3.12. The second-order valence-corrected chi connectivity index (χ2v) is 0.920. The summed E-state index contributed by atoms with van der Waals surface area (Å²) < 4.78 is 0. The molecule has 3 heteroatoms. The molecule has 0 rings (SSSR count). The summed E-state index contributed by atoms with van der Waals surface area (Å²) in [4.78, 5) is 18.8. The monoisotopic (exact) mass is 100 g/mol. The van der Waals surface area contributed by atoms with E-state index in [1.54, 1.807) is 0 Å². The van der Waals surface area contributed by atoms with E-state index in [9.17, 15) is 9.59 Å². The maximum Gasteiger partial charge on any atom is 0.307 e. The molecule has 0 unspecified atom stereocenters. The van der Waals surface area contributed by atoms with Crippen LogP contribution in [0.15, 0.2) is 6.08 Å². The number of hydrogen-bond acceptors (Lipinski definition) is 2. The predicted octanol–water partition coefficient (Wildman–Crippen LogP) is -0.151. The molecule has 0 fully saturated rings. The fraction of sp³-hybridized carbons (Fsp3) is 0.250. The molecule has 0 spiro atoms. The number of carbonyl (C=O) groups excluding carboxylic acids is 1. The summed E-state index contributed by atoms with van der Waals surface area (Å²) in [6.45, 7) is 0. The zero-order valence-corrected chi connectivity index (χ0v) is 3.55. The molecule has 0 bridgehead atoms. The Kier molecular flexibility index (Phi) is 2.64. The standard InChI is InChI=1S/C4H4O3/c5-3-1-2-4(6)7/h1H,2H2,(H,6,7). The molecule has 0 aliphatic rings. The molecule has 0 atom stereocenters. The van der Waals surface area contributed by atoms with E-state index in [1.165, 1.54) is 5.94 Å². The van der Waals surface area contributed by atoms with E-state index in [4.69, 9.17) is 5.11 Å². The Bertz CT molecular complexity index is 110. The molecule has 0 saturated heterocycles. The number of carboxylic acid groups (broad SMARTS) is 1. The molecule has 0 heterocycles. The quantitative estimate of drug-likeness (QED) is 0.491. The number of hydrogen-bond donors (Lipinski definition) is 1. The summed E-state index contributed by atoms with van der Waals surface area (Å²) in [5.41, 5.74) is 0. The van der Waals surface area contributed by atoms with Gasteiger partial charge in [0.25, 0.3) is 0 Å². The van der Waals surface area contributed by atoms with Crippen LogP contribution in [0.25, 0.3) is 0 Å². The highest BCUT2D eigenvalue weighted by Gasteiger charge is 1.86. The van der Waals surface area contributed by atoms with Crippen molar-refractivity contribution in [3.63, 3.8) is 0 Å². The van der Waals surface area contributed by atoms with Crippen LogP contribution in [0.2, 0.25) is 0 Å². The van der Waals surface area contributed by atoms with E-state index >= 15 is 0 Å². The lowest BCUT2D eigenvalue weighted by atomic mass is 10.4. The highest BCUT2D eigenvalue weighted by Crippen LogP contribution is 1.73. The molecular formula is C4H4O3. The van der Waals surface area contributed by atoms with Crippen LogP contribution in [-0.4, -0.2) is 17.0 Å². The molecule has 0 aliphatic heterocycles. The maximum absolute atomic E-state index is 9.55. The normalized spacial score (nSPS) is 6.86. The van der Waals surface area contributed by atoms with Gasteiger partial charge in [0.1, 0.15) is 5.94 Å². The third-order valence-corrected chi connectivity index (χ3v) is 0.360. The average molecular weight is 100 g/mol. The van der Waals surface area contributed by atoms with E-state index < -0.39 is 5.97 Å². The first-order chi connectivity index (χ1) is 3.27. The molecule has 0 saturated carbocycles. The first-order valence-electron chi connectivity index (χ1n) is 1.68. The van der Waals surface area contributed by atoms with Crippen molar-refractivity contribution in [3.05, 3.63) is 6.08 Å². The molecule has 0 aromatic carbocycles. The van der Waals surface area contributed by atoms with Gasteiger partial charge in [-0.2, -0.15) is 0 Å². The largest absolute Gasteiger partial charge is 0.481 e. The Morgan fingerprint density at radius 2 is 2.43 bits per heavy atom. The van der Waals surface area contributed by atoms with Gasteiger partial charge in [0.15, 0.2) is 0 Å². The average Bonchev–Trinajstić information content (AvgIpc) is 1.61. The molecule has 38 valence electrons. The highest BCUT2D eigenvalue weighted by molar-refractivity contribution is 5.71. The van der Waals surface area contributed by atoms with E-state index in [1.807, 2.05) is 0 Å². The van der Waals surface area contributed by atoms with E-state index in [0.717, 1.165) is 6.08 Å². The number of rotatable bonds is 2. The van der Waals surface area contributed by atoms with Crippen molar-refractivity contribution in [1.82, 2.24) is 0 Å². The molecule has 7 heavy (non-hydrogen) atoms. The molecule has 0 aliphatic carbocycles. The van der Waals surface area contributed by atoms with Gasteiger partial charge in [-0.1, -0.05) is 0 Å². The molecule has 1 N–H and O–H groups in total. The Morgan fingerprint density at radius 1 is 1.86 bits per heavy atom. The lowest BCUT2D eigenvalue weighted by molar-refractivity contribution is -0.135. The van der Waals surface area contributed by atoms with Crippen LogP contribution in [0.3, 0.4) is 0 Å². The van der Waals surface area contributed by atoms with Crippen molar-refractivity contribution in [2.75, 3.05) is 0 Å². The zero-order chi connectivity index (χ0) is 5.70. The van der Waals surface area contributed by atoms with Crippen molar-refractivity contribution in [2.24, 2.45) is 0 Å². The minimum Gasteiger partial charge on any atom is -0.481 e. The van der Waals surface area contributed by atoms with E-state index in [0.29, 0.717) is 0 Å². The number of carboxylic acids is 1. The Morgan fingerprint density at radius 3 is 2.57 bits per heavy atom. The van der Waals surface area contributed by atoms with E-state index in [-0.39, 0.29) is 6.42 Å². The maximum atomic E-state index is 9.55. The van der Waals surface area contributed by atoms with Crippen LogP contribution in [0.5, 0.6) is 0 Å². The topological polar surface area (TPSA) is 54.4 Å². The first-order valence-corrected chi connectivity index (χ1v) is 1.68. The summed E-state index contributed by atoms with van der Waals surface area (Å²) in [6.07, 6.45) is 0.686. The Labute approximate surface area is 40.3 Å². The zero-order valence-electron chi connectivity index (χ0n) is 3.55. The van der Waals surface area contributed by atoms with Gasteiger partial charge < -0.3 is 5.11 Å². The summed E-state index contributed by atoms with van der Waals surface area (Å²) in [5, 5.41) is 7.83. The van der Waals surface area contributed by atoms with Crippen molar-refractivity contribution in [2.45, 2.75) is 6.42 Å². The SMILES string of the molecule is O=C=CCC(=O)O. The van der Waals surface area contributed by atoms with Gasteiger partial charge in [0, 0.05) is 6.08 Å². The molecular weight excluding hydrogens is 96.0 g/mol. The lowest BCUT2D eigenvalue weighted by Gasteiger charge is -1.73. The molecule has 3 nitrogen and oxygen atoms in total. The van der Waals surface area contributed by atoms with Crippen LogP contribution in [0.1, 0.15) is 6.42 Å². The molecule has 0 aromatic rings. The summed E-state index contributed by atoms with van der Waals surface area (Å²) >= 11 is 0. The van der Waals surface area contributed by atoms with Crippen molar-refractivity contribution in [3.8, 4) is 0 Å². The predicted molar refractivity (Wildman–Crippen MR) is 22.5 cm³/mol. The fourth-order valence-corrected chi connectivity index (χ4v) is 0.129. The third kappa shape index (κ3) is 4.92. The van der Waals surface area contributed by atoms with Gasteiger partial charge in [0.2, 0.25) is 0 Å². The molecule has 0 radical (unpaired) electrons. The van der Waals surface area contributed by atoms with Crippen molar-refractivity contribution >= 4 is 11.9 Å². The van der Waals surface area contributed by atoms with Gasteiger partial charge in [0.05, 0.1) is 6.42 Å². The third-order valence-electron chi connectivity index (χ3n) is 0.360. The summed E-state index contributed by atoms with van der Waals surface area (Å²) in [5.74, 6) is 0.332. The second-order valence-electron chi connectivity index (χ2n) is 0.920. The minimum absolute atomic E-state index is 0.233. The number of aliphatic carboxylic acids is 1. The van der Waals surface area contributed by atoms with Gasteiger partial charge in [-0.3, -0.25) is 4.79 Å². The van der Waals surface area contributed by atoms with E-state index in [2.05, 4.69) is 0 Å². The minimum atomic E-state index is -1.01. The van der Waals surface area contributed by atoms with Gasteiger partial charge in [-0.25, -0.2) is 4.79 Å². The van der Waals surface area contributed by atoms with Crippen molar-refractivity contribution < 1.29 is 14.7 Å². The Balaban J connectivity index is 3.32. The highest BCUT2D eigenvalue weighted by atomic mass is 16.4. The van der Waals surface area contributed by atoms with Crippen LogP contribution in [0, 0.1) is 0 Å². The lowest BCUT2D eigenvalue weighted by Crippen LogP contribution is -1.89. The van der Waals surface area contributed by atoms with Crippen LogP contribution >= 0.6 is 0 Å². The summed E-state index contributed by atoms with van der Waals surface area (Å²) in [7, 11) is 0. The Hall–Kier alpha value is -1.08. The fourth-order valence-electron chi connectivity index (χ4n) is 0.129. The first kappa shape index (κ1) is 5.92. The van der Waals surface area contributed by atoms with Gasteiger partial charge >= 0.3 is 5.97 Å². The van der Waals surface area contributed by atoms with Gasteiger partial charge in [-0.15, -0.1) is 0 Å². The molecule has 0 aromatic heterocycles. The number of carbonyl (C=O) groups is 1. The van der Waals surface area contributed by atoms with Gasteiger partial charge in [-0.05, 0) is 0 Å².